The number of hydrogen-bond acceptors (Lipinski definition) is 6. The lowest BCUT2D eigenvalue weighted by Crippen LogP contribution is -2.56. The van der Waals surface area contributed by atoms with Gasteiger partial charge in [-0.1, -0.05) is 25.1 Å². The van der Waals surface area contributed by atoms with Gasteiger partial charge in [0.25, 0.3) is 0 Å². The third-order valence-corrected chi connectivity index (χ3v) is 7.46. The maximum absolute atomic E-state index is 13.1. The summed E-state index contributed by atoms with van der Waals surface area (Å²) in [7, 11) is -3.78. The van der Waals surface area contributed by atoms with E-state index in [2.05, 4.69) is 10.0 Å². The zero-order valence-electron chi connectivity index (χ0n) is 18.5. The van der Waals surface area contributed by atoms with Crippen molar-refractivity contribution in [2.45, 2.75) is 43.7 Å². The van der Waals surface area contributed by atoms with Crippen LogP contribution in [0, 0.1) is 0 Å². The van der Waals surface area contributed by atoms with E-state index < -0.39 is 16.1 Å². The van der Waals surface area contributed by atoms with Gasteiger partial charge in [0, 0.05) is 32.2 Å². The largest absolute Gasteiger partial charge is 0.353 e. The Morgan fingerprint density at radius 2 is 1.77 bits per heavy atom. The van der Waals surface area contributed by atoms with E-state index in [0.717, 1.165) is 6.42 Å². The van der Waals surface area contributed by atoms with Crippen LogP contribution < -0.4 is 10.0 Å². The van der Waals surface area contributed by atoms with Crippen molar-refractivity contribution in [3.63, 3.8) is 0 Å². The molecule has 2 amide bonds. The number of piperazine rings is 1. The Bertz CT molecular complexity index is 812. The fraction of sp³-hybridized carbons (Fsp3) is 0.619. The summed E-state index contributed by atoms with van der Waals surface area (Å²) in [4.78, 5) is 29.1. The molecule has 2 atom stereocenters. The molecule has 174 valence electrons. The topological polar surface area (TPSA) is 98.8 Å². The molecule has 1 saturated heterocycles. The first-order chi connectivity index (χ1) is 14.8. The van der Waals surface area contributed by atoms with Gasteiger partial charge < -0.3 is 10.2 Å². The van der Waals surface area contributed by atoms with Crippen LogP contribution in [0.2, 0.25) is 0 Å². The van der Waals surface area contributed by atoms with Crippen LogP contribution in [0.15, 0.2) is 35.2 Å². The summed E-state index contributed by atoms with van der Waals surface area (Å²) in [5.41, 5.74) is 0. The lowest BCUT2D eigenvalue weighted by molar-refractivity contribution is -0.135. The Hall–Kier alpha value is -1.62. The molecule has 0 bridgehead atoms. The molecular formula is C21H34N4O4S2. The molecule has 1 aliphatic heterocycles. The standard InChI is InChI=1S/C21H34N4O4S2/c1-4-17(2)22-20(26)16-24-11-13-25(14-12-24)21(27)19(10-15-30-3)23-31(28,29)18-8-6-5-7-9-18/h5-9,17,19,23H,4,10-16H2,1-3H3,(H,22,26). The Balaban J connectivity index is 1.96. The summed E-state index contributed by atoms with van der Waals surface area (Å²) >= 11 is 1.57. The second-order valence-electron chi connectivity index (χ2n) is 7.75. The third kappa shape index (κ3) is 8.10. The molecule has 2 N–H and O–H groups in total. The molecule has 10 heteroatoms. The first kappa shape index (κ1) is 25.6. The third-order valence-electron chi connectivity index (χ3n) is 5.33. The molecule has 1 aromatic rings. The number of thioether (sulfide) groups is 1. The number of rotatable bonds is 11. The number of benzene rings is 1. The number of amides is 2. The van der Waals surface area contributed by atoms with Gasteiger partial charge in [-0.05, 0) is 43.9 Å². The summed E-state index contributed by atoms with van der Waals surface area (Å²) in [6.07, 6.45) is 3.23. The van der Waals surface area contributed by atoms with Crippen LogP contribution in [-0.4, -0.2) is 86.8 Å². The second kappa shape index (κ2) is 12.4. The van der Waals surface area contributed by atoms with Gasteiger partial charge in [-0.3, -0.25) is 14.5 Å². The number of sulfonamides is 1. The number of carbonyl (C=O) groups is 2. The fourth-order valence-electron chi connectivity index (χ4n) is 3.30. The van der Waals surface area contributed by atoms with E-state index in [-0.39, 0.29) is 22.8 Å². The molecule has 0 saturated carbocycles. The minimum absolute atomic E-state index is 0.0115. The maximum Gasteiger partial charge on any atom is 0.241 e. The minimum Gasteiger partial charge on any atom is -0.353 e. The Morgan fingerprint density at radius 3 is 2.35 bits per heavy atom. The first-order valence-corrected chi connectivity index (χ1v) is 13.5. The first-order valence-electron chi connectivity index (χ1n) is 10.6. The normalized spacial score (nSPS) is 17.2. The van der Waals surface area contributed by atoms with Gasteiger partial charge >= 0.3 is 0 Å². The highest BCUT2D eigenvalue weighted by Gasteiger charge is 2.31. The smallest absolute Gasteiger partial charge is 0.241 e. The zero-order chi connectivity index (χ0) is 22.9. The van der Waals surface area contributed by atoms with Crippen molar-refractivity contribution in [3.8, 4) is 0 Å². The van der Waals surface area contributed by atoms with Crippen molar-refractivity contribution in [2.75, 3.05) is 44.7 Å². The van der Waals surface area contributed by atoms with Crippen LogP contribution in [0.4, 0.5) is 0 Å². The van der Waals surface area contributed by atoms with Crippen LogP contribution in [0.1, 0.15) is 26.7 Å². The molecule has 1 aromatic carbocycles. The zero-order valence-corrected chi connectivity index (χ0v) is 20.2. The monoisotopic (exact) mass is 470 g/mol. The molecule has 0 aliphatic carbocycles. The van der Waals surface area contributed by atoms with E-state index in [0.29, 0.717) is 44.9 Å². The van der Waals surface area contributed by atoms with Gasteiger partial charge in [-0.15, -0.1) is 0 Å². The van der Waals surface area contributed by atoms with Gasteiger partial charge in [-0.25, -0.2) is 8.42 Å². The van der Waals surface area contributed by atoms with E-state index in [1.54, 1.807) is 34.9 Å². The van der Waals surface area contributed by atoms with Crippen molar-refractivity contribution < 1.29 is 18.0 Å². The molecular weight excluding hydrogens is 436 g/mol. The summed E-state index contributed by atoms with van der Waals surface area (Å²) in [6, 6.07) is 7.43. The molecule has 0 spiro atoms. The Morgan fingerprint density at radius 1 is 1.13 bits per heavy atom. The average molecular weight is 471 g/mol. The SMILES string of the molecule is CCC(C)NC(=O)CN1CCN(C(=O)C(CCSC)NS(=O)(=O)c2ccccc2)CC1. The summed E-state index contributed by atoms with van der Waals surface area (Å²) in [5, 5.41) is 2.95. The Labute approximate surface area is 190 Å². The summed E-state index contributed by atoms with van der Waals surface area (Å²) in [6.45, 7) is 6.41. The number of nitrogens with zero attached hydrogens (tertiary/aromatic N) is 2. The minimum atomic E-state index is -3.78. The highest BCUT2D eigenvalue weighted by molar-refractivity contribution is 7.98. The average Bonchev–Trinajstić information content (AvgIpc) is 2.77. The summed E-state index contributed by atoms with van der Waals surface area (Å²) in [5.74, 6) is 0.448. The van der Waals surface area contributed by atoms with Crippen molar-refractivity contribution >= 4 is 33.6 Å². The van der Waals surface area contributed by atoms with Crippen molar-refractivity contribution in [1.29, 1.82) is 0 Å². The molecule has 0 aromatic heterocycles. The van der Waals surface area contributed by atoms with E-state index in [9.17, 15) is 18.0 Å². The molecule has 0 radical (unpaired) electrons. The molecule has 1 aliphatic rings. The van der Waals surface area contributed by atoms with E-state index in [4.69, 9.17) is 0 Å². The number of carbonyl (C=O) groups excluding carboxylic acids is 2. The van der Waals surface area contributed by atoms with Gasteiger partial charge in [-0.2, -0.15) is 16.5 Å². The Kier molecular flexibility index (Phi) is 10.3. The number of nitrogens with one attached hydrogen (secondary N) is 2. The van der Waals surface area contributed by atoms with E-state index in [1.807, 2.05) is 25.0 Å². The lowest BCUT2D eigenvalue weighted by Gasteiger charge is -2.36. The maximum atomic E-state index is 13.1. The summed E-state index contributed by atoms with van der Waals surface area (Å²) < 4.78 is 28.1. The predicted octanol–water partition coefficient (Wildman–Crippen LogP) is 1.15. The molecule has 1 heterocycles. The predicted molar refractivity (Wildman–Crippen MR) is 124 cm³/mol. The molecule has 2 unspecified atom stereocenters. The van der Waals surface area contributed by atoms with Gasteiger partial charge in [0.15, 0.2) is 0 Å². The highest BCUT2D eigenvalue weighted by Crippen LogP contribution is 2.13. The van der Waals surface area contributed by atoms with E-state index >= 15 is 0 Å². The second-order valence-corrected chi connectivity index (χ2v) is 10.4. The lowest BCUT2D eigenvalue weighted by atomic mass is 10.2. The van der Waals surface area contributed by atoms with Crippen molar-refractivity contribution in [2.24, 2.45) is 0 Å². The molecule has 8 nitrogen and oxygen atoms in total. The van der Waals surface area contributed by atoms with Crippen LogP contribution in [0.3, 0.4) is 0 Å². The highest BCUT2D eigenvalue weighted by atomic mass is 32.2. The molecule has 1 fully saturated rings. The quantitative estimate of drug-likeness (QED) is 0.503. The van der Waals surface area contributed by atoms with Gasteiger partial charge in [0.2, 0.25) is 21.8 Å². The van der Waals surface area contributed by atoms with Crippen LogP contribution in [0.25, 0.3) is 0 Å². The van der Waals surface area contributed by atoms with Crippen molar-refractivity contribution in [3.05, 3.63) is 30.3 Å². The van der Waals surface area contributed by atoms with E-state index in [1.165, 1.54) is 12.1 Å². The van der Waals surface area contributed by atoms with Gasteiger partial charge in [0.1, 0.15) is 6.04 Å². The molecule has 31 heavy (non-hydrogen) atoms. The van der Waals surface area contributed by atoms with Crippen molar-refractivity contribution in [1.82, 2.24) is 19.8 Å². The number of hydrogen-bond donors (Lipinski definition) is 2. The van der Waals surface area contributed by atoms with Gasteiger partial charge in [0.05, 0.1) is 11.4 Å². The van der Waals surface area contributed by atoms with Crippen LogP contribution in [0.5, 0.6) is 0 Å². The fourth-order valence-corrected chi connectivity index (χ4v) is 5.01. The van der Waals surface area contributed by atoms with Crippen LogP contribution in [-0.2, 0) is 19.6 Å². The molecule has 2 rings (SSSR count). The van der Waals surface area contributed by atoms with Crippen LogP contribution >= 0.6 is 11.8 Å².